The van der Waals surface area contributed by atoms with Gasteiger partial charge in [-0.1, -0.05) is 31.9 Å². The summed E-state index contributed by atoms with van der Waals surface area (Å²) in [6, 6.07) is 14.4. The van der Waals surface area contributed by atoms with Gasteiger partial charge in [0.25, 0.3) is 0 Å². The van der Waals surface area contributed by atoms with Gasteiger partial charge >= 0.3 is 0 Å². The van der Waals surface area contributed by atoms with E-state index >= 15 is 0 Å². The van der Waals surface area contributed by atoms with Gasteiger partial charge in [0.2, 0.25) is 0 Å². The van der Waals surface area contributed by atoms with E-state index in [4.69, 9.17) is 10.2 Å². The van der Waals surface area contributed by atoms with Crippen LogP contribution in [-0.4, -0.2) is 43.4 Å². The number of rotatable bonds is 6. The summed E-state index contributed by atoms with van der Waals surface area (Å²) in [5.41, 5.74) is 0. The summed E-state index contributed by atoms with van der Waals surface area (Å²) in [6.07, 6.45) is 0. The molecule has 0 saturated carbocycles. The largest absolute Gasteiger partial charge is 0.396 e. The quantitative estimate of drug-likeness (QED) is 0.594. The molecule has 2 rings (SSSR count). The van der Waals surface area contributed by atoms with Crippen LogP contribution in [0.2, 0.25) is 0 Å². The first-order chi connectivity index (χ1) is 11.4. The third-order valence-corrected chi connectivity index (χ3v) is 6.47. The molecule has 0 aromatic heterocycles. The highest BCUT2D eigenvalue weighted by molar-refractivity contribution is 9.10. The predicted molar refractivity (Wildman–Crippen MR) is 105 cm³/mol. The topological polar surface area (TPSA) is 74.6 Å². The molecule has 4 nitrogen and oxygen atoms in total. The zero-order valence-electron chi connectivity index (χ0n) is 12.7. The Bertz CT molecular complexity index is 702. The average molecular weight is 498 g/mol. The number of halogens is 2. The van der Waals surface area contributed by atoms with E-state index in [1.54, 1.807) is 23.9 Å². The van der Waals surface area contributed by atoms with Crippen molar-refractivity contribution in [3.05, 3.63) is 57.5 Å². The average Bonchev–Trinajstić information content (AvgIpc) is 2.55. The number of benzene rings is 2. The molecule has 132 valence electrons. The third kappa shape index (κ3) is 8.13. The summed E-state index contributed by atoms with van der Waals surface area (Å²) in [5, 5.41) is 17.1. The lowest BCUT2D eigenvalue weighted by molar-refractivity contribution is 0.319. The molecule has 0 aliphatic rings. The zero-order valence-corrected chi connectivity index (χ0v) is 17.5. The van der Waals surface area contributed by atoms with Crippen LogP contribution in [0.1, 0.15) is 0 Å². The molecular weight excluding hydrogens is 480 g/mol. The van der Waals surface area contributed by atoms with Gasteiger partial charge in [-0.2, -0.15) is 0 Å². The van der Waals surface area contributed by atoms with Crippen LogP contribution in [0.5, 0.6) is 0 Å². The lowest BCUT2D eigenvalue weighted by Gasteiger charge is -2.01. The second-order valence-corrected chi connectivity index (χ2v) is 9.63. The summed E-state index contributed by atoms with van der Waals surface area (Å²) in [7, 11) is -3.30. The molecule has 0 unspecified atom stereocenters. The molecule has 0 atom stereocenters. The van der Waals surface area contributed by atoms with Crippen LogP contribution in [0.3, 0.4) is 0 Å². The molecule has 0 radical (unpaired) electrons. The number of thioether (sulfide) groups is 1. The third-order valence-electron chi connectivity index (χ3n) is 2.71. The van der Waals surface area contributed by atoms with E-state index in [0.717, 1.165) is 14.7 Å². The second kappa shape index (κ2) is 11.3. The molecule has 0 heterocycles. The van der Waals surface area contributed by atoms with Gasteiger partial charge in [-0.25, -0.2) is 8.42 Å². The Morgan fingerprint density at radius 3 is 1.79 bits per heavy atom. The van der Waals surface area contributed by atoms with Crippen LogP contribution in [0, 0.1) is 0 Å². The Morgan fingerprint density at radius 1 is 0.833 bits per heavy atom. The summed E-state index contributed by atoms with van der Waals surface area (Å²) >= 11 is 8.22. The Labute approximate surface area is 163 Å². The maximum atomic E-state index is 11.4. The zero-order chi connectivity index (χ0) is 18.0. The number of hydrogen-bond donors (Lipinski definition) is 2. The number of sulfone groups is 1. The Hall–Kier alpha value is -0.380. The molecule has 24 heavy (non-hydrogen) atoms. The molecule has 0 aliphatic heterocycles. The van der Waals surface area contributed by atoms with E-state index in [2.05, 4.69) is 31.9 Å². The first-order valence-electron chi connectivity index (χ1n) is 6.97. The van der Waals surface area contributed by atoms with Crippen LogP contribution in [0.4, 0.5) is 0 Å². The lowest BCUT2D eigenvalue weighted by Crippen LogP contribution is -2.09. The van der Waals surface area contributed by atoms with Crippen molar-refractivity contribution in [3.63, 3.8) is 0 Å². The summed E-state index contributed by atoms with van der Waals surface area (Å²) < 4.78 is 24.7. The van der Waals surface area contributed by atoms with Crippen LogP contribution < -0.4 is 0 Å². The fourth-order valence-electron chi connectivity index (χ4n) is 1.57. The molecule has 0 aliphatic carbocycles. The highest BCUT2D eigenvalue weighted by Crippen LogP contribution is 2.19. The van der Waals surface area contributed by atoms with E-state index in [1.807, 2.05) is 24.3 Å². The molecule has 2 N–H and O–H groups in total. The van der Waals surface area contributed by atoms with Crippen molar-refractivity contribution in [2.45, 2.75) is 9.79 Å². The van der Waals surface area contributed by atoms with Gasteiger partial charge in [0.15, 0.2) is 9.84 Å². The smallest absolute Gasteiger partial charge is 0.180 e. The van der Waals surface area contributed by atoms with Crippen molar-refractivity contribution >= 4 is 53.5 Å². The number of hydrogen-bond acceptors (Lipinski definition) is 5. The van der Waals surface area contributed by atoms with Gasteiger partial charge in [-0.3, -0.25) is 0 Å². The molecule has 0 amide bonds. The van der Waals surface area contributed by atoms with Gasteiger partial charge in [-0.05, 0) is 48.5 Å². The molecule has 0 bridgehead atoms. The van der Waals surface area contributed by atoms with Gasteiger partial charge < -0.3 is 10.2 Å². The van der Waals surface area contributed by atoms with Gasteiger partial charge in [0.05, 0.1) is 23.9 Å². The van der Waals surface area contributed by atoms with Crippen molar-refractivity contribution in [3.8, 4) is 0 Å². The van der Waals surface area contributed by atoms with Gasteiger partial charge in [-0.15, -0.1) is 11.8 Å². The van der Waals surface area contributed by atoms with Crippen molar-refractivity contribution in [1.29, 1.82) is 0 Å². The molecule has 8 heteroatoms. The summed E-state index contributed by atoms with van der Waals surface area (Å²) in [4.78, 5) is 1.44. The Kier molecular flexibility index (Phi) is 10.2. The fraction of sp³-hybridized carbons (Fsp3) is 0.250. The first kappa shape index (κ1) is 21.7. The minimum Gasteiger partial charge on any atom is -0.396 e. The number of aliphatic hydroxyl groups is 2. The molecule has 0 fully saturated rings. The van der Waals surface area contributed by atoms with Crippen LogP contribution in [-0.2, 0) is 9.84 Å². The highest BCUT2D eigenvalue weighted by atomic mass is 79.9. The van der Waals surface area contributed by atoms with E-state index in [9.17, 15) is 8.42 Å². The van der Waals surface area contributed by atoms with Crippen LogP contribution in [0.15, 0.2) is 67.3 Å². The van der Waals surface area contributed by atoms with Crippen molar-refractivity contribution < 1.29 is 18.6 Å². The number of aliphatic hydroxyl groups excluding tert-OH is 2. The minimum atomic E-state index is -3.30. The molecule has 2 aromatic carbocycles. The lowest BCUT2D eigenvalue weighted by atomic mass is 10.4. The van der Waals surface area contributed by atoms with Crippen molar-refractivity contribution in [2.24, 2.45) is 0 Å². The summed E-state index contributed by atoms with van der Waals surface area (Å²) in [6.45, 7) is -0.112. The minimum absolute atomic E-state index is 0.228. The standard InChI is InChI=1S/C8H9BrO3S.C8H9BrOS/c9-7-1-3-8(4-2-7)13(11,12)6-5-10;9-7-1-3-8(4-2-7)11-6-5-10/h1-4,10H,5-6H2;1-4,10H,5-6H2. The maximum Gasteiger partial charge on any atom is 0.180 e. The van der Waals surface area contributed by atoms with Crippen molar-refractivity contribution in [2.75, 3.05) is 24.7 Å². The molecule has 0 spiro atoms. The first-order valence-corrected chi connectivity index (χ1v) is 11.2. The van der Waals surface area contributed by atoms with E-state index in [1.165, 1.54) is 17.0 Å². The SMILES string of the molecule is O=S(=O)(CCO)c1ccc(Br)cc1.OCCSc1ccc(Br)cc1. The van der Waals surface area contributed by atoms with Crippen LogP contribution in [0.25, 0.3) is 0 Å². The second-order valence-electron chi connectivity index (χ2n) is 4.52. The van der Waals surface area contributed by atoms with E-state index in [-0.39, 0.29) is 23.9 Å². The fourth-order valence-corrected chi connectivity index (χ4v) is 3.79. The predicted octanol–water partition coefficient (Wildman–Crippen LogP) is 3.75. The molecule has 2 aromatic rings. The monoisotopic (exact) mass is 496 g/mol. The van der Waals surface area contributed by atoms with Crippen LogP contribution >= 0.6 is 43.6 Å². The van der Waals surface area contributed by atoms with Crippen molar-refractivity contribution in [1.82, 2.24) is 0 Å². The van der Waals surface area contributed by atoms with E-state index in [0.29, 0.717) is 0 Å². The maximum absolute atomic E-state index is 11.4. The van der Waals surface area contributed by atoms with Gasteiger partial charge in [0.1, 0.15) is 0 Å². The molecular formula is C16H18Br2O4S2. The summed E-state index contributed by atoms with van der Waals surface area (Å²) in [5.74, 6) is 0.538. The Morgan fingerprint density at radius 2 is 1.33 bits per heavy atom. The van der Waals surface area contributed by atoms with Gasteiger partial charge in [0, 0.05) is 19.6 Å². The highest BCUT2D eigenvalue weighted by Gasteiger charge is 2.12. The molecule has 0 saturated heterocycles. The normalized spacial score (nSPS) is 10.8. The Balaban J connectivity index is 0.000000243. The van der Waals surface area contributed by atoms with E-state index < -0.39 is 9.84 Å².